The lowest BCUT2D eigenvalue weighted by atomic mass is 10.2. The standard InChI is InChI=1S/C8H8N4O3S/c9-10-8(14)4-1-6(15-7(4)2-13)5-3-16-12-11-5/h1,3,13H,2,9H2,(H,10,14). The highest BCUT2D eigenvalue weighted by Gasteiger charge is 2.18. The molecule has 0 spiro atoms. The summed E-state index contributed by atoms with van der Waals surface area (Å²) >= 11 is 1.16. The van der Waals surface area contributed by atoms with Gasteiger partial charge in [0.1, 0.15) is 18.1 Å². The van der Waals surface area contributed by atoms with Gasteiger partial charge in [0.15, 0.2) is 5.76 Å². The van der Waals surface area contributed by atoms with E-state index in [-0.39, 0.29) is 17.9 Å². The molecule has 16 heavy (non-hydrogen) atoms. The van der Waals surface area contributed by atoms with Crippen molar-refractivity contribution in [1.82, 2.24) is 15.0 Å². The number of carbonyl (C=O) groups is 1. The zero-order valence-electron chi connectivity index (χ0n) is 8.01. The quantitative estimate of drug-likeness (QED) is 0.392. The number of hydrogen-bond acceptors (Lipinski definition) is 7. The molecular formula is C8H8N4O3S. The summed E-state index contributed by atoms with van der Waals surface area (Å²) in [5, 5.41) is 14.5. The molecule has 0 aliphatic carbocycles. The third kappa shape index (κ3) is 1.81. The number of nitrogen functional groups attached to an aromatic ring is 1. The van der Waals surface area contributed by atoms with Gasteiger partial charge in [0.2, 0.25) is 0 Å². The lowest BCUT2D eigenvalue weighted by Crippen LogP contribution is -2.30. The normalized spacial score (nSPS) is 10.4. The molecule has 0 saturated carbocycles. The van der Waals surface area contributed by atoms with Crippen molar-refractivity contribution in [1.29, 1.82) is 0 Å². The predicted molar refractivity (Wildman–Crippen MR) is 55.2 cm³/mol. The molecule has 2 aromatic heterocycles. The summed E-state index contributed by atoms with van der Waals surface area (Å²) in [6, 6.07) is 1.46. The first kappa shape index (κ1) is 10.7. The highest BCUT2D eigenvalue weighted by Crippen LogP contribution is 2.24. The number of nitrogens with zero attached hydrogens (tertiary/aromatic N) is 2. The largest absolute Gasteiger partial charge is 0.456 e. The number of nitrogens with two attached hydrogens (primary N) is 1. The highest BCUT2D eigenvalue weighted by atomic mass is 32.1. The molecule has 0 unspecified atom stereocenters. The molecule has 2 rings (SSSR count). The Morgan fingerprint density at radius 3 is 3.06 bits per heavy atom. The fourth-order valence-corrected chi connectivity index (χ4v) is 1.66. The van der Waals surface area contributed by atoms with Crippen LogP contribution in [0.2, 0.25) is 0 Å². The Morgan fingerprint density at radius 1 is 1.69 bits per heavy atom. The molecule has 4 N–H and O–H groups in total. The van der Waals surface area contributed by atoms with Crippen LogP contribution in [-0.2, 0) is 6.61 Å². The molecule has 0 fully saturated rings. The molecule has 0 bridgehead atoms. The summed E-state index contributed by atoms with van der Waals surface area (Å²) in [4.78, 5) is 11.3. The zero-order valence-corrected chi connectivity index (χ0v) is 8.82. The van der Waals surface area contributed by atoms with Crippen LogP contribution in [0, 0.1) is 0 Å². The molecule has 7 nitrogen and oxygen atoms in total. The van der Waals surface area contributed by atoms with Crippen molar-refractivity contribution >= 4 is 17.4 Å². The van der Waals surface area contributed by atoms with Gasteiger partial charge in [-0.2, -0.15) is 0 Å². The third-order valence-corrected chi connectivity index (χ3v) is 2.45. The van der Waals surface area contributed by atoms with E-state index in [2.05, 4.69) is 9.59 Å². The Balaban J connectivity index is 2.44. The number of furan rings is 1. The third-order valence-electron chi connectivity index (χ3n) is 1.94. The van der Waals surface area contributed by atoms with E-state index >= 15 is 0 Å². The zero-order chi connectivity index (χ0) is 11.5. The van der Waals surface area contributed by atoms with Gasteiger partial charge in [-0.25, -0.2) is 5.84 Å². The van der Waals surface area contributed by atoms with Crippen LogP contribution in [0.25, 0.3) is 11.5 Å². The minimum Gasteiger partial charge on any atom is -0.456 e. The van der Waals surface area contributed by atoms with E-state index in [4.69, 9.17) is 15.4 Å². The van der Waals surface area contributed by atoms with E-state index < -0.39 is 5.91 Å². The number of amides is 1. The molecule has 0 saturated heterocycles. The number of rotatable bonds is 3. The minimum absolute atomic E-state index is 0.144. The molecule has 0 aromatic carbocycles. The number of hydrazine groups is 1. The monoisotopic (exact) mass is 240 g/mol. The average Bonchev–Trinajstić information content (AvgIpc) is 2.95. The second-order valence-electron chi connectivity index (χ2n) is 2.87. The molecule has 0 aliphatic rings. The summed E-state index contributed by atoms with van der Waals surface area (Å²) in [5.74, 6) is 5.00. The van der Waals surface area contributed by atoms with Crippen LogP contribution in [0.4, 0.5) is 0 Å². The van der Waals surface area contributed by atoms with Crippen molar-refractivity contribution in [2.75, 3.05) is 0 Å². The minimum atomic E-state index is -0.526. The van der Waals surface area contributed by atoms with E-state index in [0.29, 0.717) is 11.5 Å². The topological polar surface area (TPSA) is 114 Å². The van der Waals surface area contributed by atoms with Gasteiger partial charge in [-0.1, -0.05) is 4.49 Å². The fraction of sp³-hybridized carbons (Fsp3) is 0.125. The summed E-state index contributed by atoms with van der Waals surface area (Å²) < 4.78 is 8.94. The van der Waals surface area contributed by atoms with E-state index in [9.17, 15) is 4.79 Å². The first-order chi connectivity index (χ1) is 7.76. The number of carbonyl (C=O) groups excluding carboxylic acids is 1. The van der Waals surface area contributed by atoms with Gasteiger partial charge in [-0.15, -0.1) is 5.10 Å². The molecule has 2 aromatic rings. The van der Waals surface area contributed by atoms with Crippen LogP contribution in [0.1, 0.15) is 16.1 Å². The van der Waals surface area contributed by atoms with Crippen molar-refractivity contribution in [2.45, 2.75) is 6.61 Å². The average molecular weight is 240 g/mol. The lowest BCUT2D eigenvalue weighted by Gasteiger charge is -1.96. The van der Waals surface area contributed by atoms with E-state index in [1.54, 1.807) is 5.38 Å². The first-order valence-electron chi connectivity index (χ1n) is 4.28. The fourth-order valence-electron chi connectivity index (χ4n) is 1.21. The SMILES string of the molecule is NNC(=O)c1cc(-c2csnn2)oc1CO. The van der Waals surface area contributed by atoms with Gasteiger partial charge in [0.05, 0.1) is 5.56 Å². The summed E-state index contributed by atoms with van der Waals surface area (Å²) in [7, 11) is 0. The van der Waals surface area contributed by atoms with E-state index in [1.165, 1.54) is 6.07 Å². The molecule has 8 heteroatoms. The van der Waals surface area contributed by atoms with Crippen molar-refractivity contribution in [3.8, 4) is 11.5 Å². The number of aliphatic hydroxyl groups excluding tert-OH is 1. The Hall–Kier alpha value is -1.77. The van der Waals surface area contributed by atoms with Gasteiger partial charge < -0.3 is 9.52 Å². The highest BCUT2D eigenvalue weighted by molar-refractivity contribution is 7.03. The van der Waals surface area contributed by atoms with Crippen LogP contribution >= 0.6 is 11.5 Å². The van der Waals surface area contributed by atoms with Crippen LogP contribution in [-0.4, -0.2) is 20.6 Å². The molecule has 84 valence electrons. The van der Waals surface area contributed by atoms with Crippen molar-refractivity contribution in [3.63, 3.8) is 0 Å². The Bertz CT molecular complexity index is 493. The summed E-state index contributed by atoms with van der Waals surface area (Å²) in [6.45, 7) is -0.389. The second kappa shape index (κ2) is 4.39. The first-order valence-corrected chi connectivity index (χ1v) is 5.12. The maximum absolute atomic E-state index is 11.3. The molecule has 0 radical (unpaired) electrons. The summed E-state index contributed by atoms with van der Waals surface area (Å²) in [5.41, 5.74) is 2.67. The molecule has 0 atom stereocenters. The van der Waals surface area contributed by atoms with Crippen molar-refractivity contribution < 1.29 is 14.3 Å². The lowest BCUT2D eigenvalue weighted by molar-refractivity contribution is 0.0948. The molecule has 1 amide bonds. The predicted octanol–water partition coefficient (Wildman–Crippen LogP) is -0.106. The smallest absolute Gasteiger partial charge is 0.268 e. The summed E-state index contributed by atoms with van der Waals surface area (Å²) in [6.07, 6.45) is 0. The van der Waals surface area contributed by atoms with Crippen molar-refractivity contribution in [2.24, 2.45) is 5.84 Å². The molecule has 2 heterocycles. The van der Waals surface area contributed by atoms with Crippen LogP contribution in [0.5, 0.6) is 0 Å². The van der Waals surface area contributed by atoms with Gasteiger partial charge in [-0.3, -0.25) is 10.2 Å². The molecule has 0 aliphatic heterocycles. The van der Waals surface area contributed by atoms with Gasteiger partial charge in [-0.05, 0) is 17.6 Å². The Kier molecular flexibility index (Phi) is 2.95. The van der Waals surface area contributed by atoms with E-state index in [0.717, 1.165) is 11.5 Å². The maximum Gasteiger partial charge on any atom is 0.268 e. The van der Waals surface area contributed by atoms with Crippen LogP contribution in [0.15, 0.2) is 15.9 Å². The van der Waals surface area contributed by atoms with Gasteiger partial charge in [0.25, 0.3) is 5.91 Å². The van der Waals surface area contributed by atoms with E-state index in [1.807, 2.05) is 5.43 Å². The van der Waals surface area contributed by atoms with Crippen LogP contribution < -0.4 is 11.3 Å². The number of aliphatic hydroxyl groups is 1. The maximum atomic E-state index is 11.3. The number of aromatic nitrogens is 2. The second-order valence-corrected chi connectivity index (χ2v) is 3.48. The van der Waals surface area contributed by atoms with Crippen LogP contribution in [0.3, 0.4) is 0 Å². The number of nitrogens with one attached hydrogen (secondary N) is 1. The van der Waals surface area contributed by atoms with Crippen molar-refractivity contribution in [3.05, 3.63) is 22.8 Å². The van der Waals surface area contributed by atoms with Gasteiger partial charge >= 0.3 is 0 Å². The number of hydrogen-bond donors (Lipinski definition) is 3. The Labute approximate surface area is 94.0 Å². The molecular weight excluding hydrogens is 232 g/mol. The Morgan fingerprint density at radius 2 is 2.50 bits per heavy atom. The van der Waals surface area contributed by atoms with Gasteiger partial charge in [0, 0.05) is 5.38 Å².